The average Bonchev–Trinajstić information content (AvgIpc) is 3.21. The molecule has 140 valence electrons. The molecule has 1 aromatic heterocycles. The Morgan fingerprint density at radius 2 is 1.78 bits per heavy atom. The lowest BCUT2D eigenvalue weighted by Gasteiger charge is -2.11. The van der Waals surface area contributed by atoms with Crippen LogP contribution in [0.3, 0.4) is 0 Å². The van der Waals surface area contributed by atoms with Gasteiger partial charge in [0.25, 0.3) is 11.8 Å². The Kier molecular flexibility index (Phi) is 3.99. The lowest BCUT2D eigenvalue weighted by Crippen LogP contribution is -2.24. The molecule has 3 heterocycles. The van der Waals surface area contributed by atoms with Gasteiger partial charge in [-0.05, 0) is 32.4 Å². The van der Waals surface area contributed by atoms with Crippen LogP contribution < -0.4 is 0 Å². The van der Waals surface area contributed by atoms with Crippen LogP contribution in [-0.2, 0) is 9.84 Å². The molecule has 27 heavy (non-hydrogen) atoms. The van der Waals surface area contributed by atoms with E-state index in [1.54, 1.807) is 35.9 Å². The van der Waals surface area contributed by atoms with Gasteiger partial charge in [0.05, 0.1) is 40.6 Å². The van der Waals surface area contributed by atoms with E-state index >= 15 is 0 Å². The molecule has 0 spiro atoms. The largest absolute Gasteiger partial charge is 0.282 e. The molecule has 0 unspecified atom stereocenters. The van der Waals surface area contributed by atoms with E-state index < -0.39 is 21.7 Å². The third-order valence-electron chi connectivity index (χ3n) is 5.01. The molecule has 2 amide bonds. The Labute approximate surface area is 156 Å². The summed E-state index contributed by atoms with van der Waals surface area (Å²) >= 11 is 0. The Morgan fingerprint density at radius 1 is 1.15 bits per heavy atom. The maximum absolute atomic E-state index is 12.4. The predicted octanol–water partition coefficient (Wildman–Crippen LogP) is 1.49. The van der Waals surface area contributed by atoms with E-state index in [-0.39, 0.29) is 17.5 Å². The van der Waals surface area contributed by atoms with Gasteiger partial charge in [-0.3, -0.25) is 14.3 Å². The summed E-state index contributed by atoms with van der Waals surface area (Å²) < 4.78 is 25.2. The van der Waals surface area contributed by atoms with E-state index in [1.807, 2.05) is 6.92 Å². The molecule has 1 fully saturated rings. The molecule has 4 rings (SSSR count). The van der Waals surface area contributed by atoms with Crippen molar-refractivity contribution in [1.29, 1.82) is 0 Å². The smallest absolute Gasteiger partial charge is 0.267 e. The highest BCUT2D eigenvalue weighted by Gasteiger charge is 2.35. The van der Waals surface area contributed by atoms with Crippen molar-refractivity contribution in [3.8, 4) is 0 Å². The number of aromatic nitrogens is 2. The number of carbonyl (C=O) groups is 2. The van der Waals surface area contributed by atoms with E-state index in [0.717, 1.165) is 10.7 Å². The molecule has 1 aromatic carbocycles. The third-order valence-corrected chi connectivity index (χ3v) is 6.76. The zero-order valence-electron chi connectivity index (χ0n) is 14.9. The van der Waals surface area contributed by atoms with Gasteiger partial charge in [-0.1, -0.05) is 12.1 Å². The summed E-state index contributed by atoms with van der Waals surface area (Å²) in [5.74, 6) is -0.689. The number of fused-ring (bicyclic) bond motifs is 1. The van der Waals surface area contributed by atoms with E-state index in [9.17, 15) is 18.0 Å². The van der Waals surface area contributed by atoms with Crippen molar-refractivity contribution < 1.29 is 18.0 Å². The second-order valence-corrected chi connectivity index (χ2v) is 9.03. The topological polar surface area (TPSA) is 102 Å². The third kappa shape index (κ3) is 2.87. The normalized spacial score (nSPS) is 21.4. The summed E-state index contributed by atoms with van der Waals surface area (Å²) in [6.07, 6.45) is 1.97. The van der Waals surface area contributed by atoms with Crippen molar-refractivity contribution in [2.24, 2.45) is 5.10 Å². The van der Waals surface area contributed by atoms with Crippen LogP contribution in [0.1, 0.15) is 50.1 Å². The minimum absolute atomic E-state index is 0.0734. The van der Waals surface area contributed by atoms with E-state index in [2.05, 4.69) is 10.2 Å². The van der Waals surface area contributed by atoms with Gasteiger partial charge >= 0.3 is 0 Å². The Morgan fingerprint density at radius 3 is 2.33 bits per heavy atom. The zero-order valence-corrected chi connectivity index (χ0v) is 15.7. The molecule has 0 saturated carbocycles. The number of imide groups is 1. The standard InChI is InChI=1S/C18H18N4O4S/c1-11-16(12(2)21(20-11)13-7-8-27(25,26)10-13)9-19-22-17(23)14-5-3-4-6-15(14)18(22)24/h3-6,9,13H,7-8,10H2,1-2H3/b19-9-/t13-/m1/s1. The summed E-state index contributed by atoms with van der Waals surface area (Å²) in [6.45, 7) is 3.62. The highest BCUT2D eigenvalue weighted by molar-refractivity contribution is 7.91. The van der Waals surface area contributed by atoms with Crippen LogP contribution in [0.25, 0.3) is 0 Å². The number of carbonyl (C=O) groups excluding carboxylic acids is 2. The number of aryl methyl sites for hydroxylation is 1. The lowest BCUT2D eigenvalue weighted by atomic mass is 10.1. The number of benzene rings is 1. The van der Waals surface area contributed by atoms with Crippen molar-refractivity contribution in [1.82, 2.24) is 14.8 Å². The first kappa shape index (κ1) is 17.6. The summed E-state index contributed by atoms with van der Waals surface area (Å²) in [4.78, 5) is 24.8. The van der Waals surface area contributed by atoms with Crippen LogP contribution in [-0.4, -0.2) is 52.7 Å². The molecule has 0 aliphatic carbocycles. The van der Waals surface area contributed by atoms with Crippen molar-refractivity contribution in [3.05, 3.63) is 52.3 Å². The zero-order chi connectivity index (χ0) is 19.3. The van der Waals surface area contributed by atoms with Gasteiger partial charge in [-0.25, -0.2) is 8.42 Å². The van der Waals surface area contributed by atoms with Crippen molar-refractivity contribution in [2.45, 2.75) is 26.3 Å². The van der Waals surface area contributed by atoms with Gasteiger partial charge in [-0.2, -0.15) is 15.2 Å². The fourth-order valence-corrected chi connectivity index (χ4v) is 5.28. The van der Waals surface area contributed by atoms with Gasteiger partial charge in [0.1, 0.15) is 0 Å². The van der Waals surface area contributed by atoms with Crippen molar-refractivity contribution in [2.75, 3.05) is 11.5 Å². The van der Waals surface area contributed by atoms with Crippen LogP contribution in [0, 0.1) is 13.8 Å². The molecule has 8 nitrogen and oxygen atoms in total. The molecule has 0 bridgehead atoms. The Hall–Kier alpha value is -2.81. The summed E-state index contributed by atoms with van der Waals surface area (Å²) in [7, 11) is -3.03. The minimum atomic E-state index is -3.03. The van der Waals surface area contributed by atoms with Crippen LogP contribution in [0.5, 0.6) is 0 Å². The highest BCUT2D eigenvalue weighted by atomic mass is 32.2. The number of hydrogen-bond acceptors (Lipinski definition) is 6. The molecule has 2 aliphatic heterocycles. The first-order valence-corrected chi connectivity index (χ1v) is 10.4. The second-order valence-electron chi connectivity index (χ2n) is 6.80. The molecular formula is C18H18N4O4S. The first-order valence-electron chi connectivity index (χ1n) is 8.56. The Bertz CT molecular complexity index is 1070. The van der Waals surface area contributed by atoms with E-state index in [1.165, 1.54) is 6.21 Å². The lowest BCUT2D eigenvalue weighted by molar-refractivity contribution is 0.0660. The molecule has 0 N–H and O–H groups in total. The SMILES string of the molecule is Cc1nn([C@@H]2CCS(=O)(=O)C2)c(C)c1/C=N\N1C(=O)c2ccccc2C1=O. The maximum Gasteiger partial charge on any atom is 0.282 e. The van der Waals surface area contributed by atoms with E-state index in [0.29, 0.717) is 28.8 Å². The Balaban J connectivity index is 1.63. The monoisotopic (exact) mass is 386 g/mol. The predicted molar refractivity (Wildman–Crippen MR) is 98.5 cm³/mol. The van der Waals surface area contributed by atoms with Gasteiger partial charge < -0.3 is 0 Å². The fraction of sp³-hybridized carbons (Fsp3) is 0.333. The van der Waals surface area contributed by atoms with Gasteiger partial charge in [-0.15, -0.1) is 0 Å². The minimum Gasteiger partial charge on any atom is -0.267 e. The summed E-state index contributed by atoms with van der Waals surface area (Å²) in [5, 5.41) is 9.40. The fourth-order valence-electron chi connectivity index (χ4n) is 3.58. The molecule has 9 heteroatoms. The number of amides is 2. The van der Waals surface area contributed by atoms with Gasteiger partial charge in [0.15, 0.2) is 9.84 Å². The molecule has 0 radical (unpaired) electrons. The number of rotatable bonds is 3. The summed E-state index contributed by atoms with van der Waals surface area (Å²) in [6, 6.07) is 6.40. The highest BCUT2D eigenvalue weighted by Crippen LogP contribution is 2.27. The van der Waals surface area contributed by atoms with Crippen LogP contribution in [0.4, 0.5) is 0 Å². The quantitative estimate of drug-likeness (QED) is 0.587. The van der Waals surface area contributed by atoms with Gasteiger partial charge in [0, 0.05) is 11.3 Å². The number of hydrazone groups is 1. The molecular weight excluding hydrogens is 368 g/mol. The second kappa shape index (κ2) is 6.12. The average molecular weight is 386 g/mol. The molecule has 2 aliphatic rings. The van der Waals surface area contributed by atoms with Crippen molar-refractivity contribution >= 4 is 27.9 Å². The number of nitrogens with zero attached hydrogens (tertiary/aromatic N) is 4. The van der Waals surface area contributed by atoms with Crippen LogP contribution >= 0.6 is 0 Å². The molecule has 2 aromatic rings. The molecule has 1 saturated heterocycles. The van der Waals surface area contributed by atoms with E-state index in [4.69, 9.17) is 0 Å². The number of hydrogen-bond donors (Lipinski definition) is 0. The molecule has 1 atom stereocenters. The van der Waals surface area contributed by atoms with Gasteiger partial charge in [0.2, 0.25) is 0 Å². The number of sulfone groups is 1. The summed E-state index contributed by atoms with van der Waals surface area (Å²) in [5.41, 5.74) is 2.77. The van der Waals surface area contributed by atoms with Crippen LogP contribution in [0.15, 0.2) is 29.4 Å². The maximum atomic E-state index is 12.4. The van der Waals surface area contributed by atoms with Crippen LogP contribution in [0.2, 0.25) is 0 Å². The van der Waals surface area contributed by atoms with Crippen molar-refractivity contribution in [3.63, 3.8) is 0 Å². The first-order chi connectivity index (χ1) is 12.8.